The molecule has 0 fully saturated rings. The molecule has 1 aliphatic rings. The van der Waals surface area contributed by atoms with Gasteiger partial charge in [0.15, 0.2) is 5.78 Å². The second kappa shape index (κ2) is 4.22. The van der Waals surface area contributed by atoms with E-state index in [4.69, 9.17) is 0 Å². The summed E-state index contributed by atoms with van der Waals surface area (Å²) in [6, 6.07) is 7.91. The summed E-state index contributed by atoms with van der Waals surface area (Å²) in [6.07, 6.45) is 2.83. The second-order valence-corrected chi connectivity index (χ2v) is 2.93. The van der Waals surface area contributed by atoms with Crippen LogP contribution in [0.5, 0.6) is 0 Å². The van der Waals surface area contributed by atoms with Gasteiger partial charge in [0.25, 0.3) is 0 Å². The van der Waals surface area contributed by atoms with Crippen LogP contribution < -0.4 is 0 Å². The molecule has 1 aliphatic carbocycles. The molecule has 0 unspecified atom stereocenters. The van der Waals surface area contributed by atoms with Crippen molar-refractivity contribution < 1.29 is 4.79 Å². The first-order valence-electron chi connectivity index (χ1n) is 3.99. The Kier molecular flexibility index (Phi) is 3.51. The number of Topliss-reactive ketones (excluding diaryl/α,β-unsaturated/α-hetero) is 1. The van der Waals surface area contributed by atoms with Gasteiger partial charge in [-0.2, -0.15) is 0 Å². The summed E-state index contributed by atoms with van der Waals surface area (Å²) in [4.78, 5) is 11.3. The van der Waals surface area contributed by atoms with Crippen LogP contribution in [0, 0.1) is 0 Å². The van der Waals surface area contributed by atoms with Crippen molar-refractivity contribution in [3.05, 3.63) is 35.4 Å². The Hall–Kier alpha value is -0.110. The van der Waals surface area contributed by atoms with Crippen molar-refractivity contribution in [1.82, 2.24) is 0 Å². The summed E-state index contributed by atoms with van der Waals surface area (Å²) in [5.74, 6) is 0.312. The van der Waals surface area contributed by atoms with Crippen molar-refractivity contribution in [3.8, 4) is 0 Å². The average Bonchev–Trinajstić information content (AvgIpc) is 2.06. The van der Waals surface area contributed by atoms with E-state index >= 15 is 0 Å². The molecule has 0 saturated carbocycles. The number of hydrogen-bond acceptors (Lipinski definition) is 1. The van der Waals surface area contributed by atoms with Crippen LogP contribution in [0.4, 0.5) is 0 Å². The van der Waals surface area contributed by atoms with Gasteiger partial charge in [0.1, 0.15) is 0 Å². The molecule has 0 saturated heterocycles. The fourth-order valence-electron chi connectivity index (χ4n) is 1.58. The molecule has 2 rings (SSSR count). The van der Waals surface area contributed by atoms with Gasteiger partial charge in [0.2, 0.25) is 0 Å². The molecule has 1 aromatic carbocycles. The Balaban J connectivity index is 0.000000720. The van der Waals surface area contributed by atoms with Gasteiger partial charge in [-0.25, -0.2) is 0 Å². The Labute approximate surface area is 94.5 Å². The van der Waals surface area contributed by atoms with Crippen LogP contribution >= 0.6 is 0 Å². The van der Waals surface area contributed by atoms with E-state index in [1.54, 1.807) is 0 Å². The fraction of sp³-hybridized carbons (Fsp3) is 0.300. The van der Waals surface area contributed by atoms with Gasteiger partial charge in [-0.3, -0.25) is 4.79 Å². The third kappa shape index (κ3) is 1.79. The predicted molar refractivity (Wildman–Crippen MR) is 49.5 cm³/mol. The smallest absolute Gasteiger partial charge is 0.163 e. The van der Waals surface area contributed by atoms with Gasteiger partial charge < -0.3 is 0 Å². The zero-order valence-electron chi connectivity index (χ0n) is 7.34. The molecule has 57 valence electrons. The number of hydrogen-bond donors (Lipinski definition) is 0. The molecule has 0 bridgehead atoms. The maximum Gasteiger partial charge on any atom is 0.163 e. The van der Waals surface area contributed by atoms with Crippen LogP contribution in [-0.2, 0) is 6.42 Å². The Morgan fingerprint density at radius 3 is 2.58 bits per heavy atom. The van der Waals surface area contributed by atoms with E-state index in [0.29, 0.717) is 5.78 Å². The molecule has 1 aromatic rings. The summed E-state index contributed by atoms with van der Waals surface area (Å²) in [7, 11) is 0. The van der Waals surface area contributed by atoms with Gasteiger partial charge in [-0.1, -0.05) is 24.3 Å². The Morgan fingerprint density at radius 2 is 1.83 bits per heavy atom. The molecule has 0 aliphatic heterocycles. The number of ketones is 1. The van der Waals surface area contributed by atoms with Gasteiger partial charge in [-0.15, -0.1) is 0 Å². The predicted octanol–water partition coefficient (Wildman–Crippen LogP) is 1.82. The molecule has 0 atom stereocenters. The van der Waals surface area contributed by atoms with Crippen LogP contribution in [-0.4, -0.2) is 35.3 Å². The maximum absolute atomic E-state index is 11.3. The number of carbonyl (C=O) groups is 1. The zero-order chi connectivity index (χ0) is 7.68. The summed E-state index contributed by atoms with van der Waals surface area (Å²) >= 11 is 0. The molecule has 1 radical (unpaired) electrons. The average molecular weight is 169 g/mol. The number of rotatable bonds is 0. The van der Waals surface area contributed by atoms with Crippen molar-refractivity contribution >= 4 is 35.3 Å². The molecule has 0 spiro atoms. The molecule has 0 amide bonds. The van der Waals surface area contributed by atoms with Gasteiger partial charge in [-0.05, 0) is 18.4 Å². The Morgan fingerprint density at radius 1 is 1.08 bits per heavy atom. The van der Waals surface area contributed by atoms with Crippen LogP contribution in [0.25, 0.3) is 0 Å². The fourth-order valence-corrected chi connectivity index (χ4v) is 1.58. The zero-order valence-corrected chi connectivity index (χ0v) is 9.34. The van der Waals surface area contributed by atoms with E-state index < -0.39 is 0 Å². The number of aryl methyl sites for hydroxylation is 1. The van der Waals surface area contributed by atoms with E-state index in [9.17, 15) is 4.79 Å². The van der Waals surface area contributed by atoms with Gasteiger partial charge in [0, 0.05) is 41.5 Å². The normalized spacial score (nSPS) is 14.8. The van der Waals surface area contributed by atoms with Crippen molar-refractivity contribution in [3.63, 3.8) is 0 Å². The molecule has 0 N–H and O–H groups in total. The van der Waals surface area contributed by atoms with E-state index in [-0.39, 0.29) is 29.6 Å². The monoisotopic (exact) mass is 169 g/mol. The van der Waals surface area contributed by atoms with Crippen molar-refractivity contribution in [2.45, 2.75) is 19.3 Å². The molecule has 1 nitrogen and oxygen atoms in total. The number of carbonyl (C=O) groups excluding carboxylic acids is 1. The van der Waals surface area contributed by atoms with Crippen LogP contribution in [0.15, 0.2) is 24.3 Å². The van der Waals surface area contributed by atoms with Crippen LogP contribution in [0.2, 0.25) is 0 Å². The third-order valence-electron chi connectivity index (χ3n) is 2.17. The van der Waals surface area contributed by atoms with Gasteiger partial charge in [0.05, 0.1) is 0 Å². The minimum atomic E-state index is 0. The first kappa shape index (κ1) is 9.97. The van der Waals surface area contributed by atoms with Crippen molar-refractivity contribution in [1.29, 1.82) is 0 Å². The van der Waals surface area contributed by atoms with E-state index in [0.717, 1.165) is 24.8 Å². The maximum atomic E-state index is 11.3. The first-order valence-corrected chi connectivity index (χ1v) is 3.99. The molecule has 0 heterocycles. The number of benzene rings is 1. The molecule has 2 heteroatoms. The SMILES string of the molecule is O=C1CCCc2ccccc21.[Na]. The molecule has 12 heavy (non-hydrogen) atoms. The molecule has 0 aromatic heterocycles. The summed E-state index contributed by atoms with van der Waals surface area (Å²) < 4.78 is 0. The summed E-state index contributed by atoms with van der Waals surface area (Å²) in [6.45, 7) is 0. The first-order chi connectivity index (χ1) is 5.38. The molecular formula is C10H10NaO. The van der Waals surface area contributed by atoms with Crippen LogP contribution in [0.3, 0.4) is 0 Å². The van der Waals surface area contributed by atoms with Crippen molar-refractivity contribution in [2.24, 2.45) is 0 Å². The largest absolute Gasteiger partial charge is 0.294 e. The van der Waals surface area contributed by atoms with Crippen molar-refractivity contribution in [2.75, 3.05) is 0 Å². The van der Waals surface area contributed by atoms with Gasteiger partial charge >= 0.3 is 0 Å². The minimum Gasteiger partial charge on any atom is -0.294 e. The Bertz CT molecular complexity index is 294. The summed E-state index contributed by atoms with van der Waals surface area (Å²) in [5, 5.41) is 0. The standard InChI is InChI=1S/C10H10O.Na/c11-10-7-3-5-8-4-1-2-6-9(8)10;/h1-2,4,6H,3,5,7H2;. The second-order valence-electron chi connectivity index (χ2n) is 2.93. The third-order valence-corrected chi connectivity index (χ3v) is 2.17. The van der Waals surface area contributed by atoms with E-state index in [2.05, 4.69) is 0 Å². The van der Waals surface area contributed by atoms with E-state index in [1.807, 2.05) is 24.3 Å². The van der Waals surface area contributed by atoms with Crippen LogP contribution in [0.1, 0.15) is 28.8 Å². The quantitative estimate of drug-likeness (QED) is 0.541. The number of fused-ring (bicyclic) bond motifs is 1. The topological polar surface area (TPSA) is 17.1 Å². The molecular weight excluding hydrogens is 159 g/mol. The van der Waals surface area contributed by atoms with E-state index in [1.165, 1.54) is 5.56 Å². The summed E-state index contributed by atoms with van der Waals surface area (Å²) in [5.41, 5.74) is 2.17. The minimum absolute atomic E-state index is 0.